The topological polar surface area (TPSA) is 36.4 Å². The standard InChI is InChI=1S/C12H18N2O/c15-9-8-14(12-5-3-6-12)10-11-4-1-2-7-13-11/h1-2,4,7,12,15H,3,5-6,8-10H2. The largest absolute Gasteiger partial charge is 0.395 e. The molecule has 1 saturated carbocycles. The SMILES string of the molecule is OCCN(Cc1ccccn1)C1CCC1. The Hall–Kier alpha value is -0.930. The smallest absolute Gasteiger partial charge is 0.0558 e. The Balaban J connectivity index is 1.93. The van der Waals surface area contributed by atoms with Gasteiger partial charge in [-0.2, -0.15) is 0 Å². The van der Waals surface area contributed by atoms with Gasteiger partial charge < -0.3 is 5.11 Å². The van der Waals surface area contributed by atoms with Crippen LogP contribution in [0.5, 0.6) is 0 Å². The molecule has 1 fully saturated rings. The van der Waals surface area contributed by atoms with Gasteiger partial charge in [-0.15, -0.1) is 0 Å². The molecule has 0 saturated heterocycles. The third kappa shape index (κ3) is 2.76. The van der Waals surface area contributed by atoms with Crippen LogP contribution in [0.4, 0.5) is 0 Å². The third-order valence-corrected chi connectivity index (χ3v) is 3.07. The number of aromatic nitrogens is 1. The molecule has 1 aliphatic carbocycles. The van der Waals surface area contributed by atoms with Gasteiger partial charge in [0, 0.05) is 25.3 Å². The summed E-state index contributed by atoms with van der Waals surface area (Å²) in [6, 6.07) is 6.66. The average Bonchev–Trinajstić information content (AvgIpc) is 2.17. The van der Waals surface area contributed by atoms with E-state index < -0.39 is 0 Å². The Kier molecular flexibility index (Phi) is 3.69. The van der Waals surface area contributed by atoms with Gasteiger partial charge in [-0.1, -0.05) is 12.5 Å². The summed E-state index contributed by atoms with van der Waals surface area (Å²) < 4.78 is 0. The number of pyridine rings is 1. The Morgan fingerprint density at radius 3 is 2.80 bits per heavy atom. The van der Waals surface area contributed by atoms with Crippen molar-refractivity contribution in [2.45, 2.75) is 31.8 Å². The number of rotatable bonds is 5. The van der Waals surface area contributed by atoms with Crippen LogP contribution in [0.25, 0.3) is 0 Å². The highest BCUT2D eigenvalue weighted by molar-refractivity contribution is 5.03. The van der Waals surface area contributed by atoms with Crippen LogP contribution < -0.4 is 0 Å². The molecule has 0 unspecified atom stereocenters. The second-order valence-corrected chi connectivity index (χ2v) is 4.10. The van der Waals surface area contributed by atoms with Crippen LogP contribution in [0.1, 0.15) is 25.0 Å². The maximum absolute atomic E-state index is 9.02. The Labute approximate surface area is 90.8 Å². The highest BCUT2D eigenvalue weighted by Gasteiger charge is 2.24. The van der Waals surface area contributed by atoms with Crippen molar-refractivity contribution in [1.29, 1.82) is 0 Å². The first-order valence-electron chi connectivity index (χ1n) is 5.65. The maximum Gasteiger partial charge on any atom is 0.0558 e. The molecule has 1 aromatic rings. The van der Waals surface area contributed by atoms with E-state index in [2.05, 4.69) is 9.88 Å². The molecule has 3 heteroatoms. The predicted molar refractivity (Wildman–Crippen MR) is 59.4 cm³/mol. The van der Waals surface area contributed by atoms with Crippen LogP contribution in [0.3, 0.4) is 0 Å². The van der Waals surface area contributed by atoms with Crippen molar-refractivity contribution < 1.29 is 5.11 Å². The van der Waals surface area contributed by atoms with Gasteiger partial charge in [0.1, 0.15) is 0 Å². The van der Waals surface area contributed by atoms with E-state index in [1.54, 1.807) is 0 Å². The molecule has 15 heavy (non-hydrogen) atoms. The third-order valence-electron chi connectivity index (χ3n) is 3.07. The van der Waals surface area contributed by atoms with Crippen molar-refractivity contribution >= 4 is 0 Å². The van der Waals surface area contributed by atoms with Gasteiger partial charge in [-0.05, 0) is 25.0 Å². The molecule has 0 bridgehead atoms. The molecular weight excluding hydrogens is 188 g/mol. The van der Waals surface area contributed by atoms with E-state index in [-0.39, 0.29) is 6.61 Å². The van der Waals surface area contributed by atoms with Crippen molar-refractivity contribution in [2.75, 3.05) is 13.2 Å². The highest BCUT2D eigenvalue weighted by atomic mass is 16.3. The molecule has 0 amide bonds. The molecule has 0 radical (unpaired) electrons. The van der Waals surface area contributed by atoms with Crippen LogP contribution >= 0.6 is 0 Å². The fourth-order valence-electron chi connectivity index (χ4n) is 1.97. The van der Waals surface area contributed by atoms with Crippen molar-refractivity contribution in [3.63, 3.8) is 0 Å². The summed E-state index contributed by atoms with van der Waals surface area (Å²) in [6.45, 7) is 1.87. The fourth-order valence-corrected chi connectivity index (χ4v) is 1.97. The fraction of sp³-hybridized carbons (Fsp3) is 0.583. The molecule has 2 rings (SSSR count). The quantitative estimate of drug-likeness (QED) is 0.791. The molecule has 0 aliphatic heterocycles. The van der Waals surface area contributed by atoms with Crippen molar-refractivity contribution in [2.24, 2.45) is 0 Å². The van der Waals surface area contributed by atoms with Crippen molar-refractivity contribution in [3.8, 4) is 0 Å². The molecule has 82 valence electrons. The summed E-state index contributed by atoms with van der Waals surface area (Å²) in [6.07, 6.45) is 5.70. The van der Waals surface area contributed by atoms with Gasteiger partial charge in [-0.25, -0.2) is 0 Å². The second-order valence-electron chi connectivity index (χ2n) is 4.10. The van der Waals surface area contributed by atoms with Gasteiger partial charge in [0.2, 0.25) is 0 Å². The first-order chi connectivity index (χ1) is 7.40. The lowest BCUT2D eigenvalue weighted by Crippen LogP contribution is -2.41. The lowest BCUT2D eigenvalue weighted by atomic mass is 9.91. The number of hydrogen-bond acceptors (Lipinski definition) is 3. The summed E-state index contributed by atoms with van der Waals surface area (Å²) in [4.78, 5) is 6.66. The molecule has 0 aromatic carbocycles. The van der Waals surface area contributed by atoms with Gasteiger partial charge >= 0.3 is 0 Å². The molecule has 0 spiro atoms. The first-order valence-corrected chi connectivity index (χ1v) is 5.65. The van der Waals surface area contributed by atoms with Crippen molar-refractivity contribution in [1.82, 2.24) is 9.88 Å². The number of hydrogen-bond donors (Lipinski definition) is 1. The lowest BCUT2D eigenvalue weighted by Gasteiger charge is -2.37. The monoisotopic (exact) mass is 206 g/mol. The van der Waals surface area contributed by atoms with E-state index in [0.29, 0.717) is 6.04 Å². The van der Waals surface area contributed by atoms with E-state index in [1.165, 1.54) is 19.3 Å². The number of aliphatic hydroxyl groups is 1. The van der Waals surface area contributed by atoms with Crippen LogP contribution in [0.15, 0.2) is 24.4 Å². The van der Waals surface area contributed by atoms with Crippen LogP contribution in [-0.4, -0.2) is 34.2 Å². The average molecular weight is 206 g/mol. The lowest BCUT2D eigenvalue weighted by molar-refractivity contribution is 0.0933. The minimum Gasteiger partial charge on any atom is -0.395 e. The second kappa shape index (κ2) is 5.24. The first kappa shape index (κ1) is 10.6. The van der Waals surface area contributed by atoms with Crippen LogP contribution in [0.2, 0.25) is 0 Å². The Morgan fingerprint density at radius 1 is 1.40 bits per heavy atom. The number of aliphatic hydroxyl groups excluding tert-OH is 1. The summed E-state index contributed by atoms with van der Waals surface area (Å²) in [5.74, 6) is 0. The minimum absolute atomic E-state index is 0.239. The molecule has 1 heterocycles. The van der Waals surface area contributed by atoms with Gasteiger partial charge in [0.25, 0.3) is 0 Å². The normalized spacial score (nSPS) is 16.7. The molecular formula is C12H18N2O. The summed E-state index contributed by atoms with van der Waals surface area (Å²) in [7, 11) is 0. The summed E-state index contributed by atoms with van der Waals surface area (Å²) in [5.41, 5.74) is 1.10. The van der Waals surface area contributed by atoms with E-state index in [1.807, 2.05) is 24.4 Å². The molecule has 3 nitrogen and oxygen atoms in total. The van der Waals surface area contributed by atoms with Crippen molar-refractivity contribution in [3.05, 3.63) is 30.1 Å². The zero-order valence-electron chi connectivity index (χ0n) is 8.97. The molecule has 0 atom stereocenters. The molecule has 1 N–H and O–H groups in total. The summed E-state index contributed by atoms with van der Waals surface area (Å²) >= 11 is 0. The Bertz CT molecular complexity index is 285. The van der Waals surface area contributed by atoms with E-state index in [4.69, 9.17) is 5.11 Å². The van der Waals surface area contributed by atoms with Gasteiger partial charge in [0.05, 0.1) is 12.3 Å². The predicted octanol–water partition coefficient (Wildman–Crippen LogP) is 1.43. The van der Waals surface area contributed by atoms with Crippen LogP contribution in [-0.2, 0) is 6.54 Å². The highest BCUT2D eigenvalue weighted by Crippen LogP contribution is 2.25. The van der Waals surface area contributed by atoms with E-state index in [9.17, 15) is 0 Å². The van der Waals surface area contributed by atoms with Crippen LogP contribution in [0, 0.1) is 0 Å². The van der Waals surface area contributed by atoms with E-state index in [0.717, 1.165) is 18.8 Å². The van der Waals surface area contributed by atoms with E-state index >= 15 is 0 Å². The maximum atomic E-state index is 9.02. The van der Waals surface area contributed by atoms with Gasteiger partial charge in [-0.3, -0.25) is 9.88 Å². The zero-order chi connectivity index (χ0) is 10.5. The minimum atomic E-state index is 0.239. The number of nitrogens with zero attached hydrogens (tertiary/aromatic N) is 2. The summed E-state index contributed by atoms with van der Waals surface area (Å²) in [5, 5.41) is 9.02. The Morgan fingerprint density at radius 2 is 2.27 bits per heavy atom. The van der Waals surface area contributed by atoms with Gasteiger partial charge in [0.15, 0.2) is 0 Å². The molecule has 1 aliphatic rings. The molecule has 1 aromatic heterocycles. The zero-order valence-corrected chi connectivity index (χ0v) is 8.97.